The fourth-order valence-corrected chi connectivity index (χ4v) is 3.87. The molecule has 1 atom stereocenters. The second kappa shape index (κ2) is 6.90. The van der Waals surface area contributed by atoms with Crippen molar-refractivity contribution in [3.8, 4) is 6.07 Å². The maximum absolute atomic E-state index is 12.1. The van der Waals surface area contributed by atoms with E-state index in [0.29, 0.717) is 18.9 Å². The second-order valence-electron chi connectivity index (χ2n) is 5.56. The van der Waals surface area contributed by atoms with Crippen LogP contribution in [0.25, 0.3) is 0 Å². The third-order valence-electron chi connectivity index (χ3n) is 4.20. The number of fused-ring (bicyclic) bond motifs is 1. The number of carbonyl (C=O) groups is 1. The van der Waals surface area contributed by atoms with Crippen LogP contribution in [0.15, 0.2) is 4.79 Å². The van der Waals surface area contributed by atoms with Crippen molar-refractivity contribution in [3.63, 3.8) is 0 Å². The molecule has 1 aromatic rings. The fourth-order valence-electron chi connectivity index (χ4n) is 2.73. The van der Waals surface area contributed by atoms with E-state index in [4.69, 9.17) is 5.26 Å². The van der Waals surface area contributed by atoms with Gasteiger partial charge < -0.3 is 4.90 Å². The molecule has 0 aromatic carbocycles. The van der Waals surface area contributed by atoms with E-state index in [9.17, 15) is 9.59 Å². The van der Waals surface area contributed by atoms with E-state index in [1.165, 1.54) is 16.2 Å². The zero-order valence-electron chi connectivity index (χ0n) is 12.6. The minimum atomic E-state index is -0.106. The smallest absolute Gasteiger partial charge is 0.308 e. The number of nitriles is 1. The van der Waals surface area contributed by atoms with Gasteiger partial charge in [-0.3, -0.25) is 14.2 Å². The highest BCUT2D eigenvalue weighted by Crippen LogP contribution is 2.29. The summed E-state index contributed by atoms with van der Waals surface area (Å²) in [6.07, 6.45) is 4.41. The summed E-state index contributed by atoms with van der Waals surface area (Å²) in [5.74, 6) is 0.559. The van der Waals surface area contributed by atoms with Crippen LogP contribution in [-0.4, -0.2) is 29.0 Å². The summed E-state index contributed by atoms with van der Waals surface area (Å²) < 4.78 is 1.64. The van der Waals surface area contributed by atoms with Crippen molar-refractivity contribution >= 4 is 17.2 Å². The molecule has 1 aliphatic carbocycles. The Hall–Kier alpha value is -1.61. The summed E-state index contributed by atoms with van der Waals surface area (Å²) >= 11 is 1.29. The van der Waals surface area contributed by atoms with E-state index in [2.05, 4.69) is 6.92 Å². The maximum atomic E-state index is 12.1. The molecule has 0 aliphatic heterocycles. The average Bonchev–Trinajstić information content (AvgIpc) is 2.79. The Morgan fingerprint density at radius 3 is 3.00 bits per heavy atom. The number of nitrogens with zero attached hydrogens (tertiary/aromatic N) is 3. The van der Waals surface area contributed by atoms with E-state index in [-0.39, 0.29) is 17.3 Å². The number of rotatable bonds is 5. The number of carbonyl (C=O) groups excluding carboxylic acids is 1. The van der Waals surface area contributed by atoms with E-state index in [0.717, 1.165) is 36.3 Å². The van der Waals surface area contributed by atoms with Gasteiger partial charge in [-0.25, -0.2) is 0 Å². The highest BCUT2D eigenvalue weighted by Gasteiger charge is 2.24. The van der Waals surface area contributed by atoms with Gasteiger partial charge in [0.15, 0.2) is 0 Å². The van der Waals surface area contributed by atoms with E-state index < -0.39 is 0 Å². The molecule has 1 aromatic heterocycles. The number of aromatic nitrogens is 1. The van der Waals surface area contributed by atoms with Crippen LogP contribution in [0, 0.1) is 17.2 Å². The topological polar surface area (TPSA) is 66.1 Å². The van der Waals surface area contributed by atoms with Crippen molar-refractivity contribution in [3.05, 3.63) is 20.2 Å². The lowest BCUT2D eigenvalue weighted by molar-refractivity contribution is -0.130. The second-order valence-corrected chi connectivity index (χ2v) is 6.61. The molecule has 0 N–H and O–H groups in total. The van der Waals surface area contributed by atoms with Crippen molar-refractivity contribution < 1.29 is 4.79 Å². The molecule has 2 rings (SSSR count). The van der Waals surface area contributed by atoms with Gasteiger partial charge in [-0.1, -0.05) is 24.7 Å². The molecule has 0 saturated carbocycles. The minimum Gasteiger partial charge on any atom is -0.343 e. The Labute approximate surface area is 128 Å². The Morgan fingerprint density at radius 2 is 2.33 bits per heavy atom. The molecule has 1 aliphatic rings. The summed E-state index contributed by atoms with van der Waals surface area (Å²) in [6.45, 7) is 2.70. The third kappa shape index (κ3) is 3.53. The molecule has 0 bridgehead atoms. The lowest BCUT2D eigenvalue weighted by atomic mass is 9.89. The first-order chi connectivity index (χ1) is 10.1. The Morgan fingerprint density at radius 1 is 1.57 bits per heavy atom. The highest BCUT2D eigenvalue weighted by atomic mass is 32.1. The van der Waals surface area contributed by atoms with Crippen molar-refractivity contribution in [2.75, 3.05) is 13.6 Å². The summed E-state index contributed by atoms with van der Waals surface area (Å²) in [7, 11) is 1.68. The minimum absolute atomic E-state index is 0.0289. The summed E-state index contributed by atoms with van der Waals surface area (Å²) in [4.78, 5) is 26.9. The largest absolute Gasteiger partial charge is 0.343 e. The standard InChI is InChI=1S/C15H21N3O2S/c1-3-11-5-6-12-13(9-11)21-15(20)18(12)10-14(19)17(2)8-4-7-16/h11H,3-6,8-10H2,1-2H3/t11-/m0/s1. The summed E-state index contributed by atoms with van der Waals surface area (Å²) in [5, 5.41) is 8.56. The van der Waals surface area contributed by atoms with E-state index in [1.807, 2.05) is 6.07 Å². The number of hydrogen-bond acceptors (Lipinski definition) is 4. The van der Waals surface area contributed by atoms with Crippen LogP contribution >= 0.6 is 11.3 Å². The summed E-state index contributed by atoms with van der Waals surface area (Å²) in [6, 6.07) is 2.02. The average molecular weight is 307 g/mol. The molecule has 114 valence electrons. The van der Waals surface area contributed by atoms with E-state index >= 15 is 0 Å². The van der Waals surface area contributed by atoms with Gasteiger partial charge in [0.05, 0.1) is 12.5 Å². The van der Waals surface area contributed by atoms with Gasteiger partial charge in [-0.05, 0) is 25.2 Å². The molecule has 5 nitrogen and oxygen atoms in total. The van der Waals surface area contributed by atoms with Crippen LogP contribution in [0.4, 0.5) is 0 Å². The molecular formula is C15H21N3O2S. The van der Waals surface area contributed by atoms with Crippen LogP contribution in [-0.2, 0) is 24.2 Å². The van der Waals surface area contributed by atoms with Crippen molar-refractivity contribution in [1.82, 2.24) is 9.47 Å². The van der Waals surface area contributed by atoms with Crippen molar-refractivity contribution in [2.45, 2.75) is 45.6 Å². The van der Waals surface area contributed by atoms with Crippen molar-refractivity contribution in [2.24, 2.45) is 5.92 Å². The highest BCUT2D eigenvalue weighted by molar-refractivity contribution is 7.09. The monoisotopic (exact) mass is 307 g/mol. The predicted octanol–water partition coefficient (Wildman–Crippen LogP) is 1.80. The quantitative estimate of drug-likeness (QED) is 0.833. The molecule has 6 heteroatoms. The fraction of sp³-hybridized carbons (Fsp3) is 0.667. The first kappa shape index (κ1) is 15.8. The lowest BCUT2D eigenvalue weighted by Gasteiger charge is -2.22. The van der Waals surface area contributed by atoms with Crippen LogP contribution < -0.4 is 4.87 Å². The Kier molecular flexibility index (Phi) is 5.18. The molecule has 1 amide bonds. The van der Waals surface area contributed by atoms with Crippen LogP contribution in [0.3, 0.4) is 0 Å². The van der Waals surface area contributed by atoms with Crippen LogP contribution in [0.5, 0.6) is 0 Å². The third-order valence-corrected chi connectivity index (χ3v) is 5.24. The van der Waals surface area contributed by atoms with Crippen molar-refractivity contribution in [1.29, 1.82) is 5.26 Å². The number of likely N-dealkylation sites (N-methyl/N-ethyl adjacent to an activating group) is 1. The van der Waals surface area contributed by atoms with Crippen LogP contribution in [0.2, 0.25) is 0 Å². The SMILES string of the molecule is CC[C@H]1CCc2c(sc(=O)n2CC(=O)N(C)CCC#N)C1. The molecule has 0 radical (unpaired) electrons. The van der Waals surface area contributed by atoms with Gasteiger partial charge in [0.25, 0.3) is 0 Å². The Bertz CT molecular complexity index is 611. The molecule has 1 heterocycles. The summed E-state index contributed by atoms with van der Waals surface area (Å²) in [5.41, 5.74) is 1.05. The zero-order valence-corrected chi connectivity index (χ0v) is 13.4. The van der Waals surface area contributed by atoms with Crippen LogP contribution in [0.1, 0.15) is 36.8 Å². The number of thiazole rings is 1. The molecule has 0 fully saturated rings. The normalized spacial score (nSPS) is 17.1. The lowest BCUT2D eigenvalue weighted by Crippen LogP contribution is -2.34. The molecular weight excluding hydrogens is 286 g/mol. The molecule has 0 unspecified atom stereocenters. The molecule has 0 saturated heterocycles. The van der Waals surface area contributed by atoms with Gasteiger partial charge in [0.1, 0.15) is 6.54 Å². The van der Waals surface area contributed by atoms with Gasteiger partial charge >= 0.3 is 4.87 Å². The van der Waals surface area contributed by atoms with Gasteiger partial charge in [-0.15, -0.1) is 0 Å². The van der Waals surface area contributed by atoms with Gasteiger partial charge in [-0.2, -0.15) is 5.26 Å². The molecule has 21 heavy (non-hydrogen) atoms. The Balaban J connectivity index is 2.12. The number of amides is 1. The molecule has 0 spiro atoms. The van der Waals surface area contributed by atoms with Gasteiger partial charge in [0, 0.05) is 24.2 Å². The first-order valence-electron chi connectivity index (χ1n) is 7.39. The first-order valence-corrected chi connectivity index (χ1v) is 8.20. The van der Waals surface area contributed by atoms with E-state index in [1.54, 1.807) is 11.6 Å². The number of hydrogen-bond donors (Lipinski definition) is 0. The predicted molar refractivity (Wildman–Crippen MR) is 82.3 cm³/mol. The maximum Gasteiger partial charge on any atom is 0.308 e. The van der Waals surface area contributed by atoms with Gasteiger partial charge in [0.2, 0.25) is 5.91 Å². The zero-order chi connectivity index (χ0) is 15.4.